The molecule has 0 aliphatic carbocycles. The van der Waals surface area contributed by atoms with E-state index in [4.69, 9.17) is 4.74 Å². The van der Waals surface area contributed by atoms with Crippen LogP contribution < -0.4 is 10.1 Å². The highest BCUT2D eigenvalue weighted by Gasteiger charge is 2.02. The van der Waals surface area contributed by atoms with Crippen molar-refractivity contribution in [3.63, 3.8) is 0 Å². The van der Waals surface area contributed by atoms with Crippen LogP contribution in [0.3, 0.4) is 0 Å². The molecule has 0 radical (unpaired) electrons. The van der Waals surface area contributed by atoms with Crippen LogP contribution in [0.2, 0.25) is 0 Å². The summed E-state index contributed by atoms with van der Waals surface area (Å²) in [5.74, 6) is 1.07. The summed E-state index contributed by atoms with van der Waals surface area (Å²) in [6, 6.07) is 11.0. The lowest BCUT2D eigenvalue weighted by Gasteiger charge is -2.04. The summed E-state index contributed by atoms with van der Waals surface area (Å²) in [5.41, 5.74) is 1.68. The zero-order valence-corrected chi connectivity index (χ0v) is 10.2. The van der Waals surface area contributed by atoms with Crippen LogP contribution in [0.25, 0.3) is 11.3 Å². The lowest BCUT2D eigenvalue weighted by molar-refractivity contribution is -0.114. The number of hydrogen-bond acceptors (Lipinski definition) is 4. The highest BCUT2D eigenvalue weighted by atomic mass is 16.5. The van der Waals surface area contributed by atoms with Crippen LogP contribution in [0, 0.1) is 0 Å². The number of methoxy groups -OCH3 is 1. The Morgan fingerprint density at radius 2 is 1.83 bits per heavy atom. The van der Waals surface area contributed by atoms with Crippen LogP contribution >= 0.6 is 0 Å². The number of rotatable bonds is 3. The molecule has 0 spiro atoms. The van der Waals surface area contributed by atoms with Crippen molar-refractivity contribution in [1.82, 2.24) is 10.2 Å². The molecule has 1 amide bonds. The van der Waals surface area contributed by atoms with E-state index in [1.165, 1.54) is 6.92 Å². The molecule has 0 aliphatic heterocycles. The molecular formula is C13H13N3O2. The third kappa shape index (κ3) is 2.82. The number of hydrogen-bond donors (Lipinski definition) is 1. The van der Waals surface area contributed by atoms with Gasteiger partial charge >= 0.3 is 0 Å². The van der Waals surface area contributed by atoms with Crippen molar-refractivity contribution < 1.29 is 9.53 Å². The molecule has 1 aromatic carbocycles. The summed E-state index contributed by atoms with van der Waals surface area (Å²) >= 11 is 0. The van der Waals surface area contributed by atoms with Crippen LogP contribution in [-0.4, -0.2) is 23.2 Å². The molecule has 0 atom stereocenters. The van der Waals surface area contributed by atoms with Crippen LogP contribution in [0.1, 0.15) is 6.92 Å². The third-order valence-corrected chi connectivity index (χ3v) is 2.35. The van der Waals surface area contributed by atoms with Crippen molar-refractivity contribution in [3.8, 4) is 17.0 Å². The number of amides is 1. The van der Waals surface area contributed by atoms with Crippen LogP contribution in [0.15, 0.2) is 36.4 Å². The second-order valence-corrected chi connectivity index (χ2v) is 3.71. The van der Waals surface area contributed by atoms with Gasteiger partial charge in [-0.25, -0.2) is 0 Å². The van der Waals surface area contributed by atoms with Crippen LogP contribution in [-0.2, 0) is 4.79 Å². The molecule has 2 rings (SSSR count). The van der Waals surface area contributed by atoms with Gasteiger partial charge in [0.1, 0.15) is 5.75 Å². The van der Waals surface area contributed by atoms with Crippen molar-refractivity contribution in [2.75, 3.05) is 12.4 Å². The van der Waals surface area contributed by atoms with Gasteiger partial charge in [0, 0.05) is 12.5 Å². The standard InChI is InChI=1S/C13H13N3O2/c1-9(17)14-13-8-7-12(15-16-13)10-3-5-11(18-2)6-4-10/h3-8H,1-2H3,(H,14,16,17). The largest absolute Gasteiger partial charge is 0.497 e. The summed E-state index contributed by atoms with van der Waals surface area (Å²) in [5, 5.41) is 10.5. The minimum atomic E-state index is -0.165. The molecule has 0 aliphatic rings. The lowest BCUT2D eigenvalue weighted by atomic mass is 10.1. The molecule has 1 heterocycles. The molecule has 0 bridgehead atoms. The van der Waals surface area contributed by atoms with Gasteiger partial charge in [-0.2, -0.15) is 0 Å². The Morgan fingerprint density at radius 1 is 1.11 bits per heavy atom. The van der Waals surface area contributed by atoms with Gasteiger partial charge in [0.15, 0.2) is 5.82 Å². The quantitative estimate of drug-likeness (QED) is 0.896. The van der Waals surface area contributed by atoms with Crippen LogP contribution in [0.4, 0.5) is 5.82 Å². The zero-order valence-electron chi connectivity index (χ0n) is 10.2. The van der Waals surface area contributed by atoms with Gasteiger partial charge in [-0.1, -0.05) is 0 Å². The molecule has 1 N–H and O–H groups in total. The maximum atomic E-state index is 10.8. The molecule has 5 heteroatoms. The number of carbonyl (C=O) groups excluding carboxylic acids is 1. The summed E-state index contributed by atoms with van der Waals surface area (Å²) < 4.78 is 5.08. The van der Waals surface area contributed by atoms with Gasteiger partial charge < -0.3 is 10.1 Å². The highest BCUT2D eigenvalue weighted by molar-refractivity contribution is 5.87. The van der Waals surface area contributed by atoms with Gasteiger partial charge in [0.05, 0.1) is 12.8 Å². The average Bonchev–Trinajstić information content (AvgIpc) is 2.39. The molecule has 92 valence electrons. The summed E-state index contributed by atoms with van der Waals surface area (Å²) in [6.45, 7) is 1.43. The van der Waals surface area contributed by atoms with Crippen LogP contribution in [0.5, 0.6) is 5.75 Å². The zero-order chi connectivity index (χ0) is 13.0. The van der Waals surface area contributed by atoms with E-state index in [0.717, 1.165) is 17.0 Å². The maximum Gasteiger partial charge on any atom is 0.222 e. The average molecular weight is 243 g/mol. The number of nitrogens with one attached hydrogen (secondary N) is 1. The molecule has 0 saturated carbocycles. The topological polar surface area (TPSA) is 64.1 Å². The Balaban J connectivity index is 2.20. The molecule has 0 unspecified atom stereocenters. The van der Waals surface area contributed by atoms with Crippen molar-refractivity contribution in [2.24, 2.45) is 0 Å². The number of ether oxygens (including phenoxy) is 1. The van der Waals surface area contributed by atoms with E-state index in [9.17, 15) is 4.79 Å². The highest BCUT2D eigenvalue weighted by Crippen LogP contribution is 2.20. The molecule has 0 saturated heterocycles. The minimum Gasteiger partial charge on any atom is -0.497 e. The fourth-order valence-electron chi connectivity index (χ4n) is 1.50. The maximum absolute atomic E-state index is 10.8. The van der Waals surface area contributed by atoms with E-state index in [-0.39, 0.29) is 5.91 Å². The smallest absolute Gasteiger partial charge is 0.222 e. The van der Waals surface area contributed by atoms with Gasteiger partial charge in [0.25, 0.3) is 0 Å². The van der Waals surface area contributed by atoms with Gasteiger partial charge in [-0.05, 0) is 36.4 Å². The van der Waals surface area contributed by atoms with E-state index in [1.807, 2.05) is 24.3 Å². The number of nitrogens with zero attached hydrogens (tertiary/aromatic N) is 2. The molecule has 2 aromatic rings. The Bertz CT molecular complexity index is 535. The third-order valence-electron chi connectivity index (χ3n) is 2.35. The normalized spacial score (nSPS) is 9.89. The molecule has 5 nitrogen and oxygen atoms in total. The van der Waals surface area contributed by atoms with Gasteiger partial charge in [-0.15, -0.1) is 10.2 Å². The molecular weight excluding hydrogens is 230 g/mol. The van der Waals surface area contributed by atoms with Crippen molar-refractivity contribution in [3.05, 3.63) is 36.4 Å². The fraction of sp³-hybridized carbons (Fsp3) is 0.154. The lowest BCUT2D eigenvalue weighted by Crippen LogP contribution is -2.07. The number of carbonyl (C=O) groups is 1. The first-order chi connectivity index (χ1) is 8.69. The molecule has 1 aromatic heterocycles. The summed E-state index contributed by atoms with van der Waals surface area (Å²) in [4.78, 5) is 10.8. The Morgan fingerprint density at radius 3 is 2.33 bits per heavy atom. The van der Waals surface area contributed by atoms with Crippen molar-refractivity contribution in [1.29, 1.82) is 0 Å². The Kier molecular flexibility index (Phi) is 3.52. The summed E-state index contributed by atoms with van der Waals surface area (Å²) in [6.07, 6.45) is 0. The van der Waals surface area contributed by atoms with E-state index >= 15 is 0 Å². The predicted octanol–water partition coefficient (Wildman–Crippen LogP) is 2.11. The molecule has 18 heavy (non-hydrogen) atoms. The monoisotopic (exact) mass is 243 g/mol. The fourth-order valence-corrected chi connectivity index (χ4v) is 1.50. The van der Waals surface area contributed by atoms with E-state index < -0.39 is 0 Å². The Labute approximate surface area is 105 Å². The Hall–Kier alpha value is -2.43. The second kappa shape index (κ2) is 5.27. The van der Waals surface area contributed by atoms with Gasteiger partial charge in [-0.3, -0.25) is 4.79 Å². The van der Waals surface area contributed by atoms with E-state index in [1.54, 1.807) is 19.2 Å². The molecule has 0 fully saturated rings. The first-order valence-corrected chi connectivity index (χ1v) is 5.45. The predicted molar refractivity (Wildman–Crippen MR) is 68.3 cm³/mol. The first kappa shape index (κ1) is 12.0. The van der Waals surface area contributed by atoms with Gasteiger partial charge in [0.2, 0.25) is 5.91 Å². The van der Waals surface area contributed by atoms with E-state index in [2.05, 4.69) is 15.5 Å². The van der Waals surface area contributed by atoms with Crippen molar-refractivity contribution >= 4 is 11.7 Å². The number of aromatic nitrogens is 2. The number of anilines is 1. The first-order valence-electron chi connectivity index (χ1n) is 5.45. The SMILES string of the molecule is COc1ccc(-c2ccc(NC(C)=O)nn2)cc1. The van der Waals surface area contributed by atoms with E-state index in [0.29, 0.717) is 5.82 Å². The number of benzene rings is 1. The second-order valence-electron chi connectivity index (χ2n) is 3.71. The van der Waals surface area contributed by atoms with Crippen molar-refractivity contribution in [2.45, 2.75) is 6.92 Å². The summed E-state index contributed by atoms with van der Waals surface area (Å²) in [7, 11) is 1.62. The minimum absolute atomic E-state index is 0.165.